The average Bonchev–Trinajstić information content (AvgIpc) is 2.29. The lowest BCUT2D eigenvalue weighted by Gasteiger charge is -2.36. The number of β-amino-alcohol motifs (C(OH)–C–C–N with tert-alkyl or cyclic N) is 1. The van der Waals surface area contributed by atoms with Gasteiger partial charge in [0, 0.05) is 44.1 Å². The Kier molecular flexibility index (Phi) is 3.86. The predicted octanol–water partition coefficient (Wildman–Crippen LogP) is 0.772. The van der Waals surface area contributed by atoms with Crippen LogP contribution in [0.3, 0.4) is 0 Å². The van der Waals surface area contributed by atoms with Crippen molar-refractivity contribution in [3.05, 3.63) is 24.3 Å². The van der Waals surface area contributed by atoms with Gasteiger partial charge in [-0.3, -0.25) is 4.90 Å². The van der Waals surface area contributed by atoms with Gasteiger partial charge in [-0.15, -0.1) is 0 Å². The fourth-order valence-electron chi connectivity index (χ4n) is 2.28. The Morgan fingerprint density at radius 2 is 2.00 bits per heavy atom. The molecule has 0 unspecified atom stereocenters. The maximum atomic E-state index is 9.35. The molecule has 3 N–H and O–H groups in total. The molecule has 1 aliphatic heterocycles. The molecule has 1 heterocycles. The monoisotopic (exact) mass is 235 g/mol. The number of benzene rings is 1. The van der Waals surface area contributed by atoms with E-state index in [9.17, 15) is 5.11 Å². The van der Waals surface area contributed by atoms with Gasteiger partial charge in [0.05, 0.1) is 6.10 Å². The molecule has 1 atom stereocenters. The quantitative estimate of drug-likeness (QED) is 0.760. The number of anilines is 2. The van der Waals surface area contributed by atoms with Crippen molar-refractivity contribution in [2.75, 3.05) is 43.4 Å². The van der Waals surface area contributed by atoms with E-state index in [0.717, 1.165) is 38.4 Å². The van der Waals surface area contributed by atoms with Gasteiger partial charge in [-0.1, -0.05) is 6.07 Å². The summed E-state index contributed by atoms with van der Waals surface area (Å²) in [6, 6.07) is 8.02. The number of nitrogen functional groups attached to an aromatic ring is 1. The summed E-state index contributed by atoms with van der Waals surface area (Å²) in [6.45, 7) is 6.60. The van der Waals surface area contributed by atoms with Crippen LogP contribution in [0.1, 0.15) is 6.92 Å². The van der Waals surface area contributed by atoms with Gasteiger partial charge in [-0.05, 0) is 25.1 Å². The smallest absolute Gasteiger partial charge is 0.0639 e. The fourth-order valence-corrected chi connectivity index (χ4v) is 2.28. The Morgan fingerprint density at radius 3 is 2.59 bits per heavy atom. The molecule has 0 spiro atoms. The third-order valence-corrected chi connectivity index (χ3v) is 3.13. The third-order valence-electron chi connectivity index (χ3n) is 3.13. The topological polar surface area (TPSA) is 52.7 Å². The van der Waals surface area contributed by atoms with Gasteiger partial charge < -0.3 is 15.7 Å². The van der Waals surface area contributed by atoms with Crippen LogP contribution in [-0.4, -0.2) is 48.8 Å². The van der Waals surface area contributed by atoms with Crippen LogP contribution in [0.4, 0.5) is 11.4 Å². The molecule has 0 saturated carbocycles. The van der Waals surface area contributed by atoms with Gasteiger partial charge in [0.15, 0.2) is 0 Å². The zero-order valence-electron chi connectivity index (χ0n) is 10.3. The van der Waals surface area contributed by atoms with Crippen LogP contribution < -0.4 is 10.6 Å². The maximum Gasteiger partial charge on any atom is 0.0639 e. The molecule has 0 aliphatic carbocycles. The molecule has 1 saturated heterocycles. The van der Waals surface area contributed by atoms with Crippen molar-refractivity contribution in [1.82, 2.24) is 4.90 Å². The first kappa shape index (κ1) is 12.2. The fraction of sp³-hybridized carbons (Fsp3) is 0.538. The summed E-state index contributed by atoms with van der Waals surface area (Å²) in [5, 5.41) is 9.35. The number of hydrogen-bond donors (Lipinski definition) is 2. The summed E-state index contributed by atoms with van der Waals surface area (Å²) in [6.07, 6.45) is -0.242. The number of aliphatic hydroxyl groups excluding tert-OH is 1. The van der Waals surface area contributed by atoms with E-state index in [1.54, 1.807) is 0 Å². The van der Waals surface area contributed by atoms with Gasteiger partial charge in [0.1, 0.15) is 0 Å². The summed E-state index contributed by atoms with van der Waals surface area (Å²) in [4.78, 5) is 4.64. The normalized spacial score (nSPS) is 19.3. The Hall–Kier alpha value is -1.26. The maximum absolute atomic E-state index is 9.35. The minimum Gasteiger partial charge on any atom is -0.399 e. The Morgan fingerprint density at radius 1 is 1.29 bits per heavy atom. The zero-order chi connectivity index (χ0) is 12.3. The van der Waals surface area contributed by atoms with Crippen molar-refractivity contribution in [3.63, 3.8) is 0 Å². The molecule has 1 fully saturated rings. The minimum absolute atomic E-state index is 0.242. The van der Waals surface area contributed by atoms with E-state index in [-0.39, 0.29) is 6.10 Å². The van der Waals surface area contributed by atoms with Gasteiger partial charge >= 0.3 is 0 Å². The molecule has 1 aliphatic rings. The van der Waals surface area contributed by atoms with Crippen molar-refractivity contribution < 1.29 is 5.11 Å². The van der Waals surface area contributed by atoms with E-state index >= 15 is 0 Å². The van der Waals surface area contributed by atoms with Crippen LogP contribution in [0.15, 0.2) is 24.3 Å². The van der Waals surface area contributed by atoms with Crippen LogP contribution in [0.25, 0.3) is 0 Å². The summed E-state index contributed by atoms with van der Waals surface area (Å²) in [5.41, 5.74) is 7.80. The molecule has 17 heavy (non-hydrogen) atoms. The first-order chi connectivity index (χ1) is 8.15. The third kappa shape index (κ3) is 3.35. The number of piperazine rings is 1. The molecular formula is C13H21N3O. The number of nitrogens with zero attached hydrogens (tertiary/aromatic N) is 2. The molecule has 94 valence electrons. The van der Waals surface area contributed by atoms with Crippen molar-refractivity contribution in [1.29, 1.82) is 0 Å². The molecule has 1 aromatic carbocycles. The highest BCUT2D eigenvalue weighted by Gasteiger charge is 2.17. The Balaban J connectivity index is 1.91. The van der Waals surface area contributed by atoms with E-state index < -0.39 is 0 Å². The van der Waals surface area contributed by atoms with Crippen LogP contribution in [-0.2, 0) is 0 Å². The van der Waals surface area contributed by atoms with Crippen molar-refractivity contribution in [3.8, 4) is 0 Å². The van der Waals surface area contributed by atoms with Crippen LogP contribution >= 0.6 is 0 Å². The largest absolute Gasteiger partial charge is 0.399 e. The lowest BCUT2D eigenvalue weighted by atomic mass is 10.2. The Bertz CT molecular complexity index is 359. The summed E-state index contributed by atoms with van der Waals surface area (Å²) >= 11 is 0. The summed E-state index contributed by atoms with van der Waals surface area (Å²) in [5.74, 6) is 0. The molecule has 0 radical (unpaired) electrons. The summed E-state index contributed by atoms with van der Waals surface area (Å²) < 4.78 is 0. The molecule has 0 amide bonds. The first-order valence-corrected chi connectivity index (χ1v) is 6.16. The molecule has 2 rings (SSSR count). The van der Waals surface area contributed by atoms with Crippen LogP contribution in [0, 0.1) is 0 Å². The van der Waals surface area contributed by atoms with Crippen molar-refractivity contribution in [2.45, 2.75) is 13.0 Å². The molecular weight excluding hydrogens is 214 g/mol. The van der Waals surface area contributed by atoms with Gasteiger partial charge in [0.2, 0.25) is 0 Å². The first-order valence-electron chi connectivity index (χ1n) is 6.16. The van der Waals surface area contributed by atoms with Crippen molar-refractivity contribution in [2.24, 2.45) is 0 Å². The highest BCUT2D eigenvalue weighted by molar-refractivity contribution is 5.56. The lowest BCUT2D eigenvalue weighted by molar-refractivity contribution is 0.123. The predicted molar refractivity (Wildman–Crippen MR) is 71.2 cm³/mol. The van der Waals surface area contributed by atoms with E-state index in [1.807, 2.05) is 25.1 Å². The second-order valence-corrected chi connectivity index (χ2v) is 4.73. The zero-order valence-corrected chi connectivity index (χ0v) is 10.3. The number of nitrogens with two attached hydrogens (primary N) is 1. The molecule has 0 aromatic heterocycles. The lowest BCUT2D eigenvalue weighted by Crippen LogP contribution is -2.48. The molecule has 4 nitrogen and oxygen atoms in total. The Labute approximate surface area is 103 Å². The second kappa shape index (κ2) is 5.38. The number of aliphatic hydroxyl groups is 1. The minimum atomic E-state index is -0.242. The second-order valence-electron chi connectivity index (χ2n) is 4.73. The van der Waals surface area contributed by atoms with Crippen LogP contribution in [0.2, 0.25) is 0 Å². The molecule has 0 bridgehead atoms. The highest BCUT2D eigenvalue weighted by Crippen LogP contribution is 2.19. The van der Waals surface area contributed by atoms with E-state index in [4.69, 9.17) is 5.73 Å². The average molecular weight is 235 g/mol. The number of hydrogen-bond acceptors (Lipinski definition) is 4. The SMILES string of the molecule is C[C@@H](O)CN1CCN(c2cccc(N)c2)CC1. The van der Waals surface area contributed by atoms with Gasteiger partial charge in [-0.2, -0.15) is 0 Å². The number of rotatable bonds is 3. The summed E-state index contributed by atoms with van der Waals surface area (Å²) in [7, 11) is 0. The van der Waals surface area contributed by atoms with Gasteiger partial charge in [-0.25, -0.2) is 0 Å². The molecule has 4 heteroatoms. The van der Waals surface area contributed by atoms with E-state index in [1.165, 1.54) is 5.69 Å². The van der Waals surface area contributed by atoms with E-state index in [0.29, 0.717) is 0 Å². The van der Waals surface area contributed by atoms with Crippen molar-refractivity contribution >= 4 is 11.4 Å². The molecule has 1 aromatic rings. The van der Waals surface area contributed by atoms with Crippen LogP contribution in [0.5, 0.6) is 0 Å². The van der Waals surface area contributed by atoms with E-state index in [2.05, 4.69) is 15.9 Å². The highest BCUT2D eigenvalue weighted by atomic mass is 16.3. The van der Waals surface area contributed by atoms with Gasteiger partial charge in [0.25, 0.3) is 0 Å². The standard InChI is InChI=1S/C13H21N3O/c1-11(17)10-15-5-7-16(8-6-15)13-4-2-3-12(14)9-13/h2-4,9,11,17H,5-8,10,14H2,1H3/t11-/m1/s1.